The fourth-order valence-electron chi connectivity index (χ4n) is 2.97. The number of aryl methyl sites for hydroxylation is 1. The molecule has 5 heteroatoms. The van der Waals surface area contributed by atoms with Crippen LogP contribution in [0.5, 0.6) is 0 Å². The lowest BCUT2D eigenvalue weighted by atomic mass is 10.1. The summed E-state index contributed by atoms with van der Waals surface area (Å²) in [4.78, 5) is 22.9. The Kier molecular flexibility index (Phi) is 4.91. The van der Waals surface area contributed by atoms with Crippen LogP contribution in [0, 0.1) is 0 Å². The first-order chi connectivity index (χ1) is 12.0. The second-order valence-corrected chi connectivity index (χ2v) is 6.58. The first-order valence-corrected chi connectivity index (χ1v) is 8.48. The zero-order valence-electron chi connectivity index (χ0n) is 14.0. The first kappa shape index (κ1) is 17.2. The number of fused-ring (bicyclic) bond motifs is 1. The average Bonchev–Trinajstić information content (AvgIpc) is 2.92. The smallest absolute Gasteiger partial charge is 0.248 e. The number of hydrogen-bond donors (Lipinski definition) is 1. The lowest BCUT2D eigenvalue weighted by molar-refractivity contribution is -0.116. The van der Waals surface area contributed by atoms with Gasteiger partial charge in [-0.1, -0.05) is 35.9 Å². The maximum Gasteiger partial charge on any atom is 0.248 e. The normalized spacial score (nSPS) is 11.0. The minimum absolute atomic E-state index is 0.153. The zero-order chi connectivity index (χ0) is 18.0. The molecule has 4 nitrogen and oxygen atoms in total. The van der Waals surface area contributed by atoms with Gasteiger partial charge in [0, 0.05) is 40.7 Å². The molecule has 0 bridgehead atoms. The lowest BCUT2D eigenvalue weighted by Gasteiger charge is -2.08. The van der Waals surface area contributed by atoms with Gasteiger partial charge in [-0.25, -0.2) is 0 Å². The molecule has 2 aromatic carbocycles. The van der Waals surface area contributed by atoms with Crippen LogP contribution in [0.2, 0.25) is 5.02 Å². The molecule has 128 valence electrons. The molecule has 0 atom stereocenters. The Labute approximate surface area is 151 Å². The van der Waals surface area contributed by atoms with Crippen molar-refractivity contribution in [2.75, 3.05) is 0 Å². The Morgan fingerprint density at radius 3 is 2.56 bits per heavy atom. The van der Waals surface area contributed by atoms with E-state index >= 15 is 0 Å². The third kappa shape index (κ3) is 3.74. The summed E-state index contributed by atoms with van der Waals surface area (Å²) >= 11 is 6.28. The predicted octanol–water partition coefficient (Wildman–Crippen LogP) is 3.96. The highest BCUT2D eigenvalue weighted by Gasteiger charge is 2.13. The molecule has 25 heavy (non-hydrogen) atoms. The molecule has 1 aromatic heterocycles. The molecule has 0 saturated carbocycles. The number of amides is 1. The number of rotatable bonds is 6. The van der Waals surface area contributed by atoms with Crippen molar-refractivity contribution >= 4 is 34.2 Å². The zero-order valence-corrected chi connectivity index (χ0v) is 14.7. The van der Waals surface area contributed by atoms with Gasteiger partial charge >= 0.3 is 0 Å². The standard InChI is InChI=1S/C20H19ClN2O2/c1-13(24)6-7-15-11-23(12-16-4-2-3-5-18(16)21)19-10-14(20(22)25)8-9-17(15)19/h2-5,8-11H,6-7,12H2,1H3,(H2,22,25). The molecular weight excluding hydrogens is 336 g/mol. The van der Waals surface area contributed by atoms with Gasteiger partial charge in [-0.2, -0.15) is 0 Å². The van der Waals surface area contributed by atoms with Crippen LogP contribution < -0.4 is 5.73 Å². The largest absolute Gasteiger partial charge is 0.366 e. The Balaban J connectivity index is 2.08. The van der Waals surface area contributed by atoms with Crippen LogP contribution in [0.1, 0.15) is 34.8 Å². The van der Waals surface area contributed by atoms with Crippen molar-refractivity contribution in [3.05, 3.63) is 70.4 Å². The summed E-state index contributed by atoms with van der Waals surface area (Å²) in [5.41, 5.74) is 8.86. The molecule has 0 spiro atoms. The van der Waals surface area contributed by atoms with Crippen molar-refractivity contribution in [2.24, 2.45) is 5.73 Å². The summed E-state index contributed by atoms with van der Waals surface area (Å²) in [5.74, 6) is -0.307. The quantitative estimate of drug-likeness (QED) is 0.728. The Morgan fingerprint density at radius 2 is 1.88 bits per heavy atom. The van der Waals surface area contributed by atoms with Crippen molar-refractivity contribution in [3.63, 3.8) is 0 Å². The molecule has 3 rings (SSSR count). The predicted molar refractivity (Wildman–Crippen MR) is 100 cm³/mol. The summed E-state index contributed by atoms with van der Waals surface area (Å²) in [6.45, 7) is 2.17. The monoisotopic (exact) mass is 354 g/mol. The molecule has 1 amide bonds. The third-order valence-corrected chi connectivity index (χ3v) is 4.66. The van der Waals surface area contributed by atoms with Crippen molar-refractivity contribution in [1.82, 2.24) is 4.57 Å². The van der Waals surface area contributed by atoms with Crippen LogP contribution in [0.3, 0.4) is 0 Å². The highest BCUT2D eigenvalue weighted by molar-refractivity contribution is 6.31. The molecule has 0 radical (unpaired) electrons. The van der Waals surface area contributed by atoms with E-state index in [1.54, 1.807) is 19.1 Å². The van der Waals surface area contributed by atoms with Crippen molar-refractivity contribution in [2.45, 2.75) is 26.3 Å². The number of ketones is 1. The van der Waals surface area contributed by atoms with Gasteiger partial charge in [0.05, 0.1) is 0 Å². The minimum atomic E-state index is -0.460. The topological polar surface area (TPSA) is 65.1 Å². The second-order valence-electron chi connectivity index (χ2n) is 6.17. The number of Topliss-reactive ketones (excluding diaryl/α,β-unsaturated/α-hetero) is 1. The maximum atomic E-state index is 11.5. The molecule has 0 saturated heterocycles. The van der Waals surface area contributed by atoms with E-state index in [2.05, 4.69) is 4.57 Å². The van der Waals surface area contributed by atoms with Gasteiger partial charge in [0.25, 0.3) is 0 Å². The first-order valence-electron chi connectivity index (χ1n) is 8.10. The highest BCUT2D eigenvalue weighted by Crippen LogP contribution is 2.26. The van der Waals surface area contributed by atoms with Crippen LogP contribution in [-0.4, -0.2) is 16.3 Å². The van der Waals surface area contributed by atoms with Gasteiger partial charge in [0.15, 0.2) is 0 Å². The van der Waals surface area contributed by atoms with E-state index in [0.717, 1.165) is 22.0 Å². The molecular formula is C20H19ClN2O2. The molecule has 3 aromatic rings. The molecule has 0 aliphatic heterocycles. The molecule has 1 heterocycles. The second kappa shape index (κ2) is 7.11. The number of carbonyl (C=O) groups excluding carboxylic acids is 2. The van der Waals surface area contributed by atoms with Crippen molar-refractivity contribution in [1.29, 1.82) is 0 Å². The lowest BCUT2D eigenvalue weighted by Crippen LogP contribution is -2.10. The summed E-state index contributed by atoms with van der Waals surface area (Å²) in [6, 6.07) is 13.1. The summed E-state index contributed by atoms with van der Waals surface area (Å²) in [5, 5.41) is 1.72. The van der Waals surface area contributed by atoms with Gasteiger partial charge in [-0.3, -0.25) is 4.79 Å². The van der Waals surface area contributed by atoms with E-state index in [0.29, 0.717) is 30.0 Å². The number of nitrogens with two attached hydrogens (primary N) is 1. The number of primary amides is 1. The number of carbonyl (C=O) groups is 2. The van der Waals surface area contributed by atoms with E-state index in [9.17, 15) is 9.59 Å². The maximum absolute atomic E-state index is 11.5. The Morgan fingerprint density at radius 1 is 1.12 bits per heavy atom. The Hall–Kier alpha value is -2.59. The van der Waals surface area contributed by atoms with Crippen LogP contribution in [0.15, 0.2) is 48.7 Å². The highest BCUT2D eigenvalue weighted by atomic mass is 35.5. The summed E-state index contributed by atoms with van der Waals surface area (Å²) < 4.78 is 2.05. The average molecular weight is 355 g/mol. The molecule has 0 unspecified atom stereocenters. The minimum Gasteiger partial charge on any atom is -0.366 e. The summed E-state index contributed by atoms with van der Waals surface area (Å²) in [7, 11) is 0. The van der Waals surface area contributed by atoms with E-state index in [-0.39, 0.29) is 5.78 Å². The van der Waals surface area contributed by atoms with Gasteiger partial charge in [-0.05, 0) is 42.7 Å². The number of halogens is 1. The Bertz CT molecular complexity index is 959. The molecule has 2 N–H and O–H groups in total. The van der Waals surface area contributed by atoms with E-state index in [4.69, 9.17) is 17.3 Å². The van der Waals surface area contributed by atoms with Crippen molar-refractivity contribution in [3.8, 4) is 0 Å². The molecule has 0 aliphatic rings. The summed E-state index contributed by atoms with van der Waals surface area (Å²) in [6.07, 6.45) is 3.18. The third-order valence-electron chi connectivity index (χ3n) is 4.29. The van der Waals surface area contributed by atoms with Crippen LogP contribution in [0.25, 0.3) is 10.9 Å². The van der Waals surface area contributed by atoms with Crippen LogP contribution >= 0.6 is 11.6 Å². The number of benzene rings is 2. The van der Waals surface area contributed by atoms with Gasteiger partial charge in [-0.15, -0.1) is 0 Å². The van der Waals surface area contributed by atoms with Crippen molar-refractivity contribution < 1.29 is 9.59 Å². The molecule has 0 fully saturated rings. The van der Waals surface area contributed by atoms with E-state index in [1.807, 2.05) is 36.5 Å². The van der Waals surface area contributed by atoms with Crippen LogP contribution in [-0.2, 0) is 17.8 Å². The van der Waals surface area contributed by atoms with Gasteiger partial charge < -0.3 is 15.1 Å². The SMILES string of the molecule is CC(=O)CCc1cn(Cc2ccccc2Cl)c2cc(C(N)=O)ccc12. The number of aromatic nitrogens is 1. The van der Waals surface area contributed by atoms with Crippen LogP contribution in [0.4, 0.5) is 0 Å². The van der Waals surface area contributed by atoms with Gasteiger partial charge in [0.2, 0.25) is 5.91 Å². The van der Waals surface area contributed by atoms with E-state index < -0.39 is 5.91 Å². The fraction of sp³-hybridized carbons (Fsp3) is 0.200. The number of nitrogens with zero attached hydrogens (tertiary/aromatic N) is 1. The fourth-order valence-corrected chi connectivity index (χ4v) is 3.17. The van der Waals surface area contributed by atoms with E-state index in [1.165, 1.54) is 0 Å². The van der Waals surface area contributed by atoms with Gasteiger partial charge in [0.1, 0.15) is 5.78 Å². The molecule has 0 aliphatic carbocycles. The number of hydrogen-bond acceptors (Lipinski definition) is 2.